The lowest BCUT2D eigenvalue weighted by molar-refractivity contribution is -0.385. The third kappa shape index (κ3) is 2.62. The van der Waals surface area contributed by atoms with Gasteiger partial charge in [-0.25, -0.2) is 4.98 Å². The average Bonchev–Trinajstić information content (AvgIpc) is 2.75. The molecule has 0 saturated carbocycles. The molecule has 0 aliphatic rings. The molecular weight excluding hydrogens is 234 g/mol. The number of aryl methyl sites for hydroxylation is 1. The Labute approximate surface area is 104 Å². The normalized spacial score (nSPS) is 10.3. The SMILES string of the molecule is CN(Cc1cnn(C)c1)c1ccc([N+](=O)[O-])cn1. The van der Waals surface area contributed by atoms with Gasteiger partial charge in [0.25, 0.3) is 5.69 Å². The molecule has 0 spiro atoms. The van der Waals surface area contributed by atoms with Gasteiger partial charge in [-0.3, -0.25) is 14.8 Å². The van der Waals surface area contributed by atoms with Gasteiger partial charge >= 0.3 is 0 Å². The van der Waals surface area contributed by atoms with Gasteiger partial charge in [0.1, 0.15) is 12.0 Å². The molecule has 2 aromatic heterocycles. The molecule has 0 fully saturated rings. The summed E-state index contributed by atoms with van der Waals surface area (Å²) in [5.41, 5.74) is 1.05. The van der Waals surface area contributed by atoms with Crippen LogP contribution in [0.2, 0.25) is 0 Å². The monoisotopic (exact) mass is 247 g/mol. The summed E-state index contributed by atoms with van der Waals surface area (Å²) < 4.78 is 1.73. The summed E-state index contributed by atoms with van der Waals surface area (Å²) in [6, 6.07) is 3.08. The minimum Gasteiger partial charge on any atom is -0.355 e. The quantitative estimate of drug-likeness (QED) is 0.602. The van der Waals surface area contributed by atoms with Crippen LogP contribution in [0.3, 0.4) is 0 Å². The van der Waals surface area contributed by atoms with Gasteiger partial charge in [0.15, 0.2) is 0 Å². The highest BCUT2D eigenvalue weighted by Crippen LogP contribution is 2.16. The standard InChI is InChI=1S/C11H13N5O2/c1-14(7-9-5-13-15(2)8-9)11-4-3-10(6-12-11)16(17)18/h3-6,8H,7H2,1-2H3. The average molecular weight is 247 g/mol. The van der Waals surface area contributed by atoms with E-state index in [9.17, 15) is 10.1 Å². The Balaban J connectivity index is 2.09. The highest BCUT2D eigenvalue weighted by atomic mass is 16.6. The fourth-order valence-corrected chi connectivity index (χ4v) is 1.62. The Kier molecular flexibility index (Phi) is 3.22. The Hall–Kier alpha value is -2.44. The van der Waals surface area contributed by atoms with E-state index in [1.807, 2.05) is 25.2 Å². The second-order valence-corrected chi connectivity index (χ2v) is 4.01. The van der Waals surface area contributed by atoms with Crippen molar-refractivity contribution >= 4 is 11.5 Å². The molecule has 0 aromatic carbocycles. The number of hydrogen-bond acceptors (Lipinski definition) is 5. The van der Waals surface area contributed by atoms with Crippen LogP contribution >= 0.6 is 0 Å². The third-order valence-electron chi connectivity index (χ3n) is 2.51. The number of aromatic nitrogens is 3. The largest absolute Gasteiger partial charge is 0.355 e. The minimum atomic E-state index is -0.460. The molecule has 18 heavy (non-hydrogen) atoms. The number of anilines is 1. The molecule has 0 unspecified atom stereocenters. The molecule has 0 bridgehead atoms. The Morgan fingerprint density at radius 1 is 1.44 bits per heavy atom. The first kappa shape index (κ1) is 12.0. The van der Waals surface area contributed by atoms with Gasteiger partial charge in [0.05, 0.1) is 11.1 Å². The zero-order chi connectivity index (χ0) is 13.1. The fraction of sp³-hybridized carbons (Fsp3) is 0.273. The zero-order valence-electron chi connectivity index (χ0n) is 10.1. The summed E-state index contributed by atoms with van der Waals surface area (Å²) >= 11 is 0. The van der Waals surface area contributed by atoms with Gasteiger partial charge in [0.2, 0.25) is 0 Å². The topological polar surface area (TPSA) is 77.1 Å². The summed E-state index contributed by atoms with van der Waals surface area (Å²) in [6.07, 6.45) is 4.96. The predicted octanol–water partition coefficient (Wildman–Crippen LogP) is 1.36. The first-order valence-corrected chi connectivity index (χ1v) is 5.35. The highest BCUT2D eigenvalue weighted by molar-refractivity contribution is 5.42. The van der Waals surface area contributed by atoms with Crippen LogP contribution in [0, 0.1) is 10.1 Å². The van der Waals surface area contributed by atoms with E-state index in [0.29, 0.717) is 12.4 Å². The lowest BCUT2D eigenvalue weighted by atomic mass is 10.3. The molecule has 0 saturated heterocycles. The van der Waals surface area contributed by atoms with Crippen molar-refractivity contribution in [3.8, 4) is 0 Å². The molecule has 0 aliphatic carbocycles. The van der Waals surface area contributed by atoms with Crippen LogP contribution < -0.4 is 4.90 Å². The maximum absolute atomic E-state index is 10.5. The Morgan fingerprint density at radius 2 is 2.22 bits per heavy atom. The Bertz CT molecular complexity index is 549. The third-order valence-corrected chi connectivity index (χ3v) is 2.51. The molecule has 0 radical (unpaired) electrons. The molecule has 7 nitrogen and oxygen atoms in total. The number of pyridine rings is 1. The van der Waals surface area contributed by atoms with Crippen LogP contribution in [0.4, 0.5) is 11.5 Å². The summed E-state index contributed by atoms with van der Waals surface area (Å²) in [4.78, 5) is 16.0. The molecule has 2 heterocycles. The maximum atomic E-state index is 10.5. The van der Waals surface area contributed by atoms with Crippen LogP contribution in [0.25, 0.3) is 0 Å². The molecule has 0 aliphatic heterocycles. The van der Waals surface area contributed by atoms with Crippen molar-refractivity contribution in [1.82, 2.24) is 14.8 Å². The van der Waals surface area contributed by atoms with Gasteiger partial charge in [-0.2, -0.15) is 5.10 Å². The minimum absolute atomic E-state index is 0.00599. The van der Waals surface area contributed by atoms with Crippen LogP contribution in [0.5, 0.6) is 0 Å². The highest BCUT2D eigenvalue weighted by Gasteiger charge is 2.09. The summed E-state index contributed by atoms with van der Waals surface area (Å²) in [7, 11) is 3.73. The van der Waals surface area contributed by atoms with Crippen molar-refractivity contribution in [3.05, 3.63) is 46.4 Å². The van der Waals surface area contributed by atoms with E-state index < -0.39 is 4.92 Å². The first-order valence-electron chi connectivity index (χ1n) is 5.35. The van der Waals surface area contributed by atoms with E-state index in [-0.39, 0.29) is 5.69 Å². The van der Waals surface area contributed by atoms with E-state index in [1.54, 1.807) is 16.9 Å². The van der Waals surface area contributed by atoms with Crippen molar-refractivity contribution in [1.29, 1.82) is 0 Å². The maximum Gasteiger partial charge on any atom is 0.287 e. The van der Waals surface area contributed by atoms with Crippen LogP contribution in [0.1, 0.15) is 5.56 Å². The zero-order valence-corrected chi connectivity index (χ0v) is 10.1. The molecule has 0 atom stereocenters. The van der Waals surface area contributed by atoms with Gasteiger partial charge in [-0.1, -0.05) is 0 Å². The van der Waals surface area contributed by atoms with Crippen molar-refractivity contribution in [3.63, 3.8) is 0 Å². The van der Waals surface area contributed by atoms with E-state index in [2.05, 4.69) is 10.1 Å². The molecule has 94 valence electrons. The Morgan fingerprint density at radius 3 is 2.72 bits per heavy atom. The second-order valence-electron chi connectivity index (χ2n) is 4.01. The molecule has 2 rings (SSSR count). The fourth-order valence-electron chi connectivity index (χ4n) is 1.62. The van der Waals surface area contributed by atoms with Gasteiger partial charge in [-0.15, -0.1) is 0 Å². The summed E-state index contributed by atoms with van der Waals surface area (Å²) in [5.74, 6) is 0.685. The molecule has 0 amide bonds. The molecule has 0 N–H and O–H groups in total. The van der Waals surface area contributed by atoms with Crippen molar-refractivity contribution in [2.45, 2.75) is 6.54 Å². The first-order chi connectivity index (χ1) is 8.56. The van der Waals surface area contributed by atoms with E-state index in [0.717, 1.165) is 5.56 Å². The van der Waals surface area contributed by atoms with Crippen molar-refractivity contribution < 1.29 is 4.92 Å². The lowest BCUT2D eigenvalue weighted by Crippen LogP contribution is -2.17. The molecular formula is C11H13N5O2. The van der Waals surface area contributed by atoms with E-state index >= 15 is 0 Å². The number of nitro groups is 1. The number of hydrogen-bond donors (Lipinski definition) is 0. The van der Waals surface area contributed by atoms with Gasteiger partial charge in [-0.05, 0) is 6.07 Å². The smallest absolute Gasteiger partial charge is 0.287 e. The lowest BCUT2D eigenvalue weighted by Gasteiger charge is -2.16. The van der Waals surface area contributed by atoms with Crippen LogP contribution in [-0.4, -0.2) is 26.7 Å². The molecule has 7 heteroatoms. The van der Waals surface area contributed by atoms with Crippen LogP contribution in [0.15, 0.2) is 30.7 Å². The predicted molar refractivity (Wildman–Crippen MR) is 66.2 cm³/mol. The second kappa shape index (κ2) is 4.82. The van der Waals surface area contributed by atoms with Crippen molar-refractivity contribution in [2.24, 2.45) is 7.05 Å². The van der Waals surface area contributed by atoms with Gasteiger partial charge in [0, 0.05) is 38.5 Å². The summed E-state index contributed by atoms with van der Waals surface area (Å²) in [5, 5.41) is 14.6. The summed E-state index contributed by atoms with van der Waals surface area (Å²) in [6.45, 7) is 0.651. The molecule has 2 aromatic rings. The number of nitrogens with zero attached hydrogens (tertiary/aromatic N) is 5. The number of rotatable bonds is 4. The van der Waals surface area contributed by atoms with Gasteiger partial charge < -0.3 is 4.90 Å². The van der Waals surface area contributed by atoms with E-state index in [1.165, 1.54) is 12.3 Å². The van der Waals surface area contributed by atoms with Crippen LogP contribution in [-0.2, 0) is 13.6 Å². The van der Waals surface area contributed by atoms with Crippen molar-refractivity contribution in [2.75, 3.05) is 11.9 Å². The van der Waals surface area contributed by atoms with E-state index in [4.69, 9.17) is 0 Å².